The normalized spacial score (nSPS) is 14.8. The van der Waals surface area contributed by atoms with Crippen LogP contribution in [-0.4, -0.2) is 29.6 Å². The van der Waals surface area contributed by atoms with Crippen molar-refractivity contribution in [2.45, 2.75) is 59.5 Å². The third-order valence-electron chi connectivity index (χ3n) is 4.46. The Balaban J connectivity index is 2.54. The molecule has 0 aliphatic rings. The summed E-state index contributed by atoms with van der Waals surface area (Å²) in [4.78, 5) is 23.4. The summed E-state index contributed by atoms with van der Waals surface area (Å²) in [7, 11) is 0. The smallest absolute Gasteiger partial charge is 0.320 e. The van der Waals surface area contributed by atoms with Gasteiger partial charge in [-0.1, -0.05) is 58.4 Å². The van der Waals surface area contributed by atoms with E-state index in [9.17, 15) is 14.7 Å². The summed E-state index contributed by atoms with van der Waals surface area (Å²) >= 11 is 0. The lowest BCUT2D eigenvalue weighted by molar-refractivity contribution is -0.141. The molecule has 25 heavy (non-hydrogen) atoms. The monoisotopic (exact) mass is 348 g/mol. The number of nitrogens with one attached hydrogen (secondary N) is 2. The van der Waals surface area contributed by atoms with Gasteiger partial charge in [-0.2, -0.15) is 0 Å². The molecule has 3 N–H and O–H groups in total. The van der Waals surface area contributed by atoms with Gasteiger partial charge in [0.2, 0.25) is 5.91 Å². The highest BCUT2D eigenvalue weighted by molar-refractivity contribution is 5.80. The number of amides is 1. The van der Waals surface area contributed by atoms with E-state index >= 15 is 0 Å². The summed E-state index contributed by atoms with van der Waals surface area (Å²) in [6.07, 6.45) is 1.78. The van der Waals surface area contributed by atoms with Crippen molar-refractivity contribution in [3.63, 3.8) is 0 Å². The van der Waals surface area contributed by atoms with E-state index in [0.717, 1.165) is 18.4 Å². The van der Waals surface area contributed by atoms with Gasteiger partial charge < -0.3 is 10.4 Å². The molecule has 1 aromatic carbocycles. The van der Waals surface area contributed by atoms with E-state index in [0.29, 0.717) is 5.92 Å². The highest BCUT2D eigenvalue weighted by Gasteiger charge is 2.23. The topological polar surface area (TPSA) is 78.4 Å². The maximum atomic E-state index is 12.1. The minimum Gasteiger partial charge on any atom is -0.480 e. The van der Waals surface area contributed by atoms with Crippen LogP contribution in [0.2, 0.25) is 0 Å². The molecule has 1 unspecified atom stereocenters. The lowest BCUT2D eigenvalue weighted by Gasteiger charge is -2.21. The highest BCUT2D eigenvalue weighted by atomic mass is 16.4. The number of hydrogen-bond donors (Lipinski definition) is 3. The van der Waals surface area contributed by atoms with Crippen LogP contribution < -0.4 is 10.6 Å². The van der Waals surface area contributed by atoms with Crippen LogP contribution in [0.3, 0.4) is 0 Å². The highest BCUT2D eigenvalue weighted by Crippen LogP contribution is 2.15. The minimum absolute atomic E-state index is 0.00290. The average molecular weight is 348 g/mol. The van der Waals surface area contributed by atoms with Crippen LogP contribution in [0.5, 0.6) is 0 Å². The van der Waals surface area contributed by atoms with Gasteiger partial charge in [0.05, 0.1) is 12.6 Å². The predicted molar refractivity (Wildman–Crippen MR) is 100 cm³/mol. The van der Waals surface area contributed by atoms with E-state index in [-0.39, 0.29) is 24.4 Å². The molecule has 0 aromatic heterocycles. The van der Waals surface area contributed by atoms with Gasteiger partial charge >= 0.3 is 5.97 Å². The molecular formula is C20H32N2O3. The first-order valence-corrected chi connectivity index (χ1v) is 9.08. The largest absolute Gasteiger partial charge is 0.480 e. The Bertz CT molecular complexity index is 555. The number of aliphatic carboxylic acids is 1. The van der Waals surface area contributed by atoms with Gasteiger partial charge in [-0.25, -0.2) is 0 Å². The van der Waals surface area contributed by atoms with E-state index in [1.807, 2.05) is 32.9 Å². The van der Waals surface area contributed by atoms with Crippen LogP contribution in [0.1, 0.15) is 58.2 Å². The van der Waals surface area contributed by atoms with Crippen LogP contribution in [0.15, 0.2) is 24.3 Å². The van der Waals surface area contributed by atoms with Crippen LogP contribution in [0.25, 0.3) is 0 Å². The molecule has 1 amide bonds. The van der Waals surface area contributed by atoms with Crippen molar-refractivity contribution in [3.8, 4) is 0 Å². The molecule has 1 aromatic rings. The van der Waals surface area contributed by atoms with E-state index in [1.54, 1.807) is 0 Å². The maximum absolute atomic E-state index is 12.1. The fourth-order valence-corrected chi connectivity index (χ4v) is 2.76. The van der Waals surface area contributed by atoms with Crippen molar-refractivity contribution >= 4 is 11.9 Å². The zero-order chi connectivity index (χ0) is 19.0. The molecule has 0 saturated heterocycles. The Hall–Kier alpha value is -1.88. The van der Waals surface area contributed by atoms with E-state index in [4.69, 9.17) is 0 Å². The summed E-state index contributed by atoms with van der Waals surface area (Å²) in [6.45, 7) is 10.1. The lowest BCUT2D eigenvalue weighted by atomic mass is 9.99. The molecule has 5 nitrogen and oxygen atoms in total. The molecule has 0 bridgehead atoms. The van der Waals surface area contributed by atoms with Crippen molar-refractivity contribution in [3.05, 3.63) is 35.4 Å². The van der Waals surface area contributed by atoms with E-state index in [1.165, 1.54) is 5.56 Å². The molecule has 0 spiro atoms. The molecule has 3 atom stereocenters. The Labute approximate surface area is 151 Å². The molecule has 0 heterocycles. The fourth-order valence-electron chi connectivity index (χ4n) is 2.76. The first kappa shape index (κ1) is 21.2. The molecule has 0 radical (unpaired) electrons. The van der Waals surface area contributed by atoms with Crippen LogP contribution in [-0.2, 0) is 16.0 Å². The quantitative estimate of drug-likeness (QED) is 0.607. The Morgan fingerprint density at radius 1 is 1.08 bits per heavy atom. The van der Waals surface area contributed by atoms with Gasteiger partial charge in [0.15, 0.2) is 0 Å². The lowest BCUT2D eigenvalue weighted by Crippen LogP contribution is -2.46. The second-order valence-corrected chi connectivity index (χ2v) is 7.21. The summed E-state index contributed by atoms with van der Waals surface area (Å²) in [5.41, 5.74) is 2.33. The van der Waals surface area contributed by atoms with E-state index in [2.05, 4.69) is 36.6 Å². The number of carbonyl (C=O) groups is 2. The molecule has 0 saturated carbocycles. The van der Waals surface area contributed by atoms with Crippen molar-refractivity contribution in [1.29, 1.82) is 0 Å². The summed E-state index contributed by atoms with van der Waals surface area (Å²) < 4.78 is 0. The van der Waals surface area contributed by atoms with E-state index < -0.39 is 12.0 Å². The first-order chi connectivity index (χ1) is 11.7. The third-order valence-corrected chi connectivity index (χ3v) is 4.46. The average Bonchev–Trinajstić information content (AvgIpc) is 2.54. The van der Waals surface area contributed by atoms with Crippen molar-refractivity contribution in [2.24, 2.45) is 11.8 Å². The van der Waals surface area contributed by atoms with Crippen molar-refractivity contribution in [1.82, 2.24) is 10.6 Å². The standard InChI is InChI=1S/C20H32N2O3/c1-6-14(4)19(20(24)25)21-12-18(23)22-15(5)17-9-7-16(8-10-17)11-13(2)3/h7-10,13-15,19,21H,6,11-12H2,1-5H3,(H,22,23)(H,24,25)/t14-,15?,19-/m0/s1. The second kappa shape index (κ2) is 10.2. The van der Waals surface area contributed by atoms with Gasteiger partial charge in [0, 0.05) is 0 Å². The first-order valence-electron chi connectivity index (χ1n) is 9.08. The van der Waals surface area contributed by atoms with Crippen LogP contribution in [0, 0.1) is 11.8 Å². The Morgan fingerprint density at radius 3 is 2.16 bits per heavy atom. The number of carbonyl (C=O) groups excluding carboxylic acids is 1. The van der Waals surface area contributed by atoms with Crippen LogP contribution in [0.4, 0.5) is 0 Å². The van der Waals surface area contributed by atoms with Gasteiger partial charge in [0.1, 0.15) is 6.04 Å². The van der Waals surface area contributed by atoms with Crippen molar-refractivity contribution < 1.29 is 14.7 Å². The number of rotatable bonds is 10. The second-order valence-electron chi connectivity index (χ2n) is 7.21. The summed E-state index contributed by atoms with van der Waals surface area (Å²) in [6, 6.07) is 7.44. The molecule has 5 heteroatoms. The summed E-state index contributed by atoms with van der Waals surface area (Å²) in [5, 5.41) is 15.0. The fraction of sp³-hybridized carbons (Fsp3) is 0.600. The molecule has 0 aliphatic carbocycles. The van der Waals surface area contributed by atoms with Gasteiger partial charge in [0.25, 0.3) is 0 Å². The van der Waals surface area contributed by atoms with Gasteiger partial charge in [-0.15, -0.1) is 0 Å². The molecule has 140 valence electrons. The Kier molecular flexibility index (Phi) is 8.62. The number of hydrogen-bond acceptors (Lipinski definition) is 3. The predicted octanol–water partition coefficient (Wildman–Crippen LogP) is 3.15. The number of carboxylic acid groups (broad SMARTS) is 1. The van der Waals surface area contributed by atoms with Gasteiger partial charge in [-0.05, 0) is 36.3 Å². The summed E-state index contributed by atoms with van der Waals surface area (Å²) in [5.74, 6) is -0.540. The molecular weight excluding hydrogens is 316 g/mol. The van der Waals surface area contributed by atoms with Crippen molar-refractivity contribution in [2.75, 3.05) is 6.54 Å². The van der Waals surface area contributed by atoms with Crippen LogP contribution >= 0.6 is 0 Å². The zero-order valence-corrected chi connectivity index (χ0v) is 16.0. The number of benzene rings is 1. The maximum Gasteiger partial charge on any atom is 0.320 e. The third kappa shape index (κ3) is 7.26. The molecule has 0 fully saturated rings. The molecule has 1 rings (SSSR count). The number of carboxylic acids is 1. The SMILES string of the molecule is CC[C@H](C)[C@H](NCC(=O)NC(C)c1ccc(CC(C)C)cc1)C(=O)O. The minimum atomic E-state index is -0.920. The zero-order valence-electron chi connectivity index (χ0n) is 16.0. The molecule has 0 aliphatic heterocycles. The Morgan fingerprint density at radius 2 is 1.68 bits per heavy atom. The van der Waals surface area contributed by atoms with Gasteiger partial charge in [-0.3, -0.25) is 14.9 Å².